The monoisotopic (exact) mass is 853 g/mol. The maximum Gasteiger partial charge on any atom is 0.164 e. The van der Waals surface area contributed by atoms with E-state index in [1.54, 1.807) is 0 Å². The molecule has 0 spiro atoms. The number of aryl methyl sites for hydroxylation is 1. The lowest BCUT2D eigenvalue weighted by molar-refractivity contribution is 0.668. The van der Waals surface area contributed by atoms with Crippen molar-refractivity contribution in [2.75, 3.05) is 0 Å². The van der Waals surface area contributed by atoms with E-state index in [0.29, 0.717) is 17.5 Å². The van der Waals surface area contributed by atoms with E-state index in [-0.39, 0.29) is 5.92 Å². The van der Waals surface area contributed by atoms with Gasteiger partial charge in [0.1, 0.15) is 11.2 Å². The summed E-state index contributed by atoms with van der Waals surface area (Å²) >= 11 is 3.62. The molecule has 1 unspecified atom stereocenters. The predicted octanol–water partition coefficient (Wildman–Crippen LogP) is 16.4. The summed E-state index contributed by atoms with van der Waals surface area (Å²) in [6.45, 7) is 0. The van der Waals surface area contributed by atoms with Crippen LogP contribution in [0.4, 0.5) is 0 Å². The van der Waals surface area contributed by atoms with Gasteiger partial charge in [-0.05, 0) is 100.0 Å². The van der Waals surface area contributed by atoms with Gasteiger partial charge < -0.3 is 4.42 Å². The number of thiophene rings is 2. The quantitative estimate of drug-likeness (QED) is 0.177. The highest BCUT2D eigenvalue weighted by molar-refractivity contribution is 7.26. The third-order valence-electron chi connectivity index (χ3n) is 13.4. The third kappa shape index (κ3) is 5.49. The van der Waals surface area contributed by atoms with Crippen LogP contribution in [0.3, 0.4) is 0 Å². The normalized spacial score (nSPS) is 14.0. The standard InChI is InChI=1S/C58H35N3OS2/c1-2-14-34-30-44-35(29-33(34)13-1)27-28-38(36-15-3-4-16-37(36)44)45-31-46-39-17-5-8-22-48(39)62-49(46)32-47(45)58-60-56(42-20-11-25-52-54(42)40-18-6-9-23-50(40)63-52)59-57(61-58)43-21-12-26-53-55(43)41-19-7-10-24-51(41)64-53/h1-26,29-32,38H,27-28H2. The summed E-state index contributed by atoms with van der Waals surface area (Å²) in [4.78, 5) is 16.6. The van der Waals surface area contributed by atoms with Crippen molar-refractivity contribution >= 4 is 95.7 Å². The summed E-state index contributed by atoms with van der Waals surface area (Å²) in [7, 11) is 0. The smallest absolute Gasteiger partial charge is 0.164 e. The molecule has 64 heavy (non-hydrogen) atoms. The Kier molecular flexibility index (Phi) is 7.88. The van der Waals surface area contributed by atoms with E-state index in [9.17, 15) is 0 Å². The largest absolute Gasteiger partial charge is 0.456 e. The molecule has 14 rings (SSSR count). The average molecular weight is 854 g/mol. The Bertz CT molecular complexity index is 3930. The number of benzene rings is 9. The summed E-state index contributed by atoms with van der Waals surface area (Å²) < 4.78 is 11.6. The van der Waals surface area contributed by atoms with Crippen molar-refractivity contribution in [3.8, 4) is 45.3 Å². The first kappa shape index (κ1) is 36.0. The van der Waals surface area contributed by atoms with Gasteiger partial charge in [-0.15, -0.1) is 22.7 Å². The maximum atomic E-state index is 6.70. The molecule has 0 saturated heterocycles. The molecule has 0 aliphatic heterocycles. The number of fused-ring (bicyclic) bond motifs is 13. The van der Waals surface area contributed by atoms with Crippen molar-refractivity contribution in [2.45, 2.75) is 18.8 Å². The summed E-state index contributed by atoms with van der Waals surface area (Å²) in [6.07, 6.45) is 1.85. The zero-order valence-corrected chi connectivity index (χ0v) is 36.0. The second kappa shape index (κ2) is 14.0. The molecule has 4 aromatic heterocycles. The molecule has 9 aromatic carbocycles. The van der Waals surface area contributed by atoms with Crippen LogP contribution in [0.2, 0.25) is 0 Å². The van der Waals surface area contributed by atoms with Crippen molar-refractivity contribution in [3.05, 3.63) is 199 Å². The van der Waals surface area contributed by atoms with Crippen LogP contribution in [0.15, 0.2) is 186 Å². The lowest BCUT2D eigenvalue weighted by Crippen LogP contribution is -2.07. The molecule has 0 radical (unpaired) electrons. The van der Waals surface area contributed by atoms with E-state index in [1.807, 2.05) is 28.7 Å². The van der Waals surface area contributed by atoms with Crippen LogP contribution < -0.4 is 0 Å². The molecule has 0 N–H and O–H groups in total. The second-order valence-electron chi connectivity index (χ2n) is 16.9. The molecule has 4 heterocycles. The Labute approximate surface area is 375 Å². The highest BCUT2D eigenvalue weighted by Crippen LogP contribution is 2.48. The Balaban J connectivity index is 1.07. The molecule has 6 heteroatoms. The number of furan rings is 1. The van der Waals surface area contributed by atoms with E-state index in [2.05, 4.69) is 176 Å². The first-order valence-corrected chi connectivity index (χ1v) is 23.5. The van der Waals surface area contributed by atoms with Crippen LogP contribution in [-0.2, 0) is 6.42 Å². The van der Waals surface area contributed by atoms with Gasteiger partial charge in [0.25, 0.3) is 0 Å². The molecule has 1 atom stereocenters. The highest BCUT2D eigenvalue weighted by atomic mass is 32.1. The van der Waals surface area contributed by atoms with Crippen molar-refractivity contribution in [1.29, 1.82) is 0 Å². The minimum Gasteiger partial charge on any atom is -0.456 e. The van der Waals surface area contributed by atoms with Gasteiger partial charge in [-0.2, -0.15) is 0 Å². The highest BCUT2D eigenvalue weighted by Gasteiger charge is 2.29. The molecule has 0 saturated carbocycles. The first-order valence-electron chi connectivity index (χ1n) is 21.8. The molecule has 0 amide bonds. The summed E-state index contributed by atoms with van der Waals surface area (Å²) in [5.74, 6) is 1.98. The van der Waals surface area contributed by atoms with Gasteiger partial charge in [0.05, 0.1) is 0 Å². The number of hydrogen-bond acceptors (Lipinski definition) is 6. The fourth-order valence-electron chi connectivity index (χ4n) is 10.5. The zero-order valence-electron chi connectivity index (χ0n) is 34.4. The summed E-state index contributed by atoms with van der Waals surface area (Å²) in [5, 5.41) is 9.48. The molecule has 0 fully saturated rings. The predicted molar refractivity (Wildman–Crippen MR) is 269 cm³/mol. The van der Waals surface area contributed by atoms with E-state index in [4.69, 9.17) is 19.4 Å². The van der Waals surface area contributed by atoms with Gasteiger partial charge in [-0.25, -0.2) is 15.0 Å². The summed E-state index contributed by atoms with van der Waals surface area (Å²) in [5.41, 5.74) is 11.1. The lowest BCUT2D eigenvalue weighted by atomic mass is 9.82. The first-order chi connectivity index (χ1) is 31.7. The Morgan fingerprint density at radius 2 is 0.938 bits per heavy atom. The molecule has 4 nitrogen and oxygen atoms in total. The van der Waals surface area contributed by atoms with Crippen LogP contribution >= 0.6 is 22.7 Å². The Hall–Kier alpha value is -7.51. The van der Waals surface area contributed by atoms with Gasteiger partial charge in [0.2, 0.25) is 0 Å². The van der Waals surface area contributed by atoms with Gasteiger partial charge in [-0.3, -0.25) is 0 Å². The van der Waals surface area contributed by atoms with Crippen molar-refractivity contribution < 1.29 is 4.42 Å². The molecule has 1 aliphatic rings. The number of aromatic nitrogens is 3. The van der Waals surface area contributed by atoms with Crippen molar-refractivity contribution in [3.63, 3.8) is 0 Å². The third-order valence-corrected chi connectivity index (χ3v) is 15.7. The van der Waals surface area contributed by atoms with Gasteiger partial charge >= 0.3 is 0 Å². The Morgan fingerprint density at radius 3 is 1.64 bits per heavy atom. The van der Waals surface area contributed by atoms with Crippen LogP contribution in [0.5, 0.6) is 0 Å². The fraction of sp³-hybridized carbons (Fsp3) is 0.0517. The molecular weight excluding hydrogens is 819 g/mol. The molecule has 0 bridgehead atoms. The molecule has 13 aromatic rings. The SMILES string of the molecule is c1ccc2c(c1)-c1cc3ccccc3cc1CCC2c1cc2c(cc1-c1nc(-c3cccc4sc5ccccc5c34)nc(-c3cccc4sc5ccccc5c34)n1)oc1ccccc12. The average Bonchev–Trinajstić information content (AvgIpc) is 4.01. The lowest BCUT2D eigenvalue weighted by Gasteiger charge is -2.22. The Morgan fingerprint density at radius 1 is 0.391 bits per heavy atom. The van der Waals surface area contributed by atoms with E-state index >= 15 is 0 Å². The van der Waals surface area contributed by atoms with Gasteiger partial charge in [0, 0.05) is 73.7 Å². The molecular formula is C58H35N3OS2. The maximum absolute atomic E-state index is 6.70. The topological polar surface area (TPSA) is 51.8 Å². The van der Waals surface area contributed by atoms with Crippen molar-refractivity contribution in [1.82, 2.24) is 15.0 Å². The number of para-hydroxylation sites is 1. The minimum absolute atomic E-state index is 0.0388. The fourth-order valence-corrected chi connectivity index (χ4v) is 12.8. The van der Waals surface area contributed by atoms with Crippen LogP contribution in [-0.4, -0.2) is 15.0 Å². The molecule has 1 aliphatic carbocycles. The van der Waals surface area contributed by atoms with E-state index in [1.165, 1.54) is 78.9 Å². The second-order valence-corrected chi connectivity index (χ2v) is 19.1. The van der Waals surface area contributed by atoms with Crippen LogP contribution in [0, 0.1) is 0 Å². The number of hydrogen-bond donors (Lipinski definition) is 0. The van der Waals surface area contributed by atoms with Crippen LogP contribution in [0.1, 0.15) is 29.0 Å². The van der Waals surface area contributed by atoms with Crippen LogP contribution in [0.25, 0.3) is 118 Å². The molecule has 300 valence electrons. The van der Waals surface area contributed by atoms with Gasteiger partial charge in [-0.1, -0.05) is 133 Å². The van der Waals surface area contributed by atoms with Crippen molar-refractivity contribution in [2.24, 2.45) is 0 Å². The van der Waals surface area contributed by atoms with E-state index in [0.717, 1.165) is 51.5 Å². The van der Waals surface area contributed by atoms with E-state index < -0.39 is 0 Å². The zero-order chi connectivity index (χ0) is 41.9. The number of nitrogens with zero attached hydrogens (tertiary/aromatic N) is 3. The summed E-state index contributed by atoms with van der Waals surface area (Å²) in [6, 6.07) is 65.9. The van der Waals surface area contributed by atoms with Gasteiger partial charge in [0.15, 0.2) is 17.5 Å². The number of rotatable bonds is 4. The minimum atomic E-state index is 0.0388.